The molecule has 0 saturated heterocycles. The lowest BCUT2D eigenvalue weighted by Crippen LogP contribution is -2.66. The molecule has 50 heavy (non-hydrogen) atoms. The smallest absolute Gasteiger partial charge is 0.309 e. The third-order valence-corrected chi connectivity index (χ3v) is 15.2. The van der Waals surface area contributed by atoms with Gasteiger partial charge in [-0.3, -0.25) is 19.2 Å². The molecule has 0 radical (unpaired) electrons. The number of hydrogen-bond donors (Lipinski definition) is 3. The maximum absolute atomic E-state index is 14.6. The SMILES string of the molecule is CC1(C)[C@@H](C(=O)NCCOCCOCCOCCC(=O)O)CC[C@]2(C)[C@H]3C(=O)C=C4[C@@H]5C[C@@](C)(C(=O)O)CC[C@]5(C)CC[C@@]4(C)[C@]3(C)CC[C@@H]12. The fraction of sp³-hybridized carbons (Fsp3) is 0.850. The molecule has 10 heteroatoms. The van der Waals surface area contributed by atoms with Gasteiger partial charge in [-0.15, -0.1) is 0 Å². The van der Waals surface area contributed by atoms with Gasteiger partial charge in [-0.2, -0.15) is 0 Å². The molecule has 3 N–H and O–H groups in total. The van der Waals surface area contributed by atoms with Crippen LogP contribution < -0.4 is 5.32 Å². The van der Waals surface area contributed by atoms with Crippen LogP contribution in [0.5, 0.6) is 0 Å². The van der Waals surface area contributed by atoms with Crippen molar-refractivity contribution in [2.75, 3.05) is 46.2 Å². The number of ketones is 1. The quantitative estimate of drug-likeness (QED) is 0.177. The first-order chi connectivity index (χ1) is 23.4. The Morgan fingerprint density at radius 2 is 1.42 bits per heavy atom. The molecule has 0 aromatic heterocycles. The van der Waals surface area contributed by atoms with Gasteiger partial charge in [0.25, 0.3) is 0 Å². The normalized spacial score (nSPS) is 40.4. The zero-order chi connectivity index (χ0) is 36.8. The Hall–Kier alpha value is -2.30. The van der Waals surface area contributed by atoms with Gasteiger partial charge in [0, 0.05) is 18.4 Å². The average Bonchev–Trinajstić information content (AvgIpc) is 3.02. The number of fused-ring (bicyclic) bond motifs is 7. The molecule has 4 fully saturated rings. The van der Waals surface area contributed by atoms with E-state index >= 15 is 0 Å². The highest BCUT2D eigenvalue weighted by atomic mass is 16.5. The van der Waals surface area contributed by atoms with E-state index in [0.717, 1.165) is 44.9 Å². The number of aliphatic carboxylic acids is 2. The van der Waals surface area contributed by atoms with Gasteiger partial charge in [-0.25, -0.2) is 0 Å². The number of rotatable bonds is 14. The molecule has 0 bridgehead atoms. The number of hydrogen-bond acceptors (Lipinski definition) is 7. The van der Waals surface area contributed by atoms with Crippen LogP contribution >= 0.6 is 0 Å². The fourth-order valence-corrected chi connectivity index (χ4v) is 11.9. The average molecular weight is 702 g/mol. The first-order valence-electron chi connectivity index (χ1n) is 19.1. The molecule has 9 atom stereocenters. The molecule has 5 aliphatic carbocycles. The van der Waals surface area contributed by atoms with Gasteiger partial charge < -0.3 is 29.7 Å². The molecule has 282 valence electrons. The van der Waals surface area contributed by atoms with Gasteiger partial charge in [0.2, 0.25) is 5.91 Å². The molecule has 0 aliphatic heterocycles. The van der Waals surface area contributed by atoms with E-state index in [1.165, 1.54) is 5.57 Å². The zero-order valence-corrected chi connectivity index (χ0v) is 31.7. The van der Waals surface area contributed by atoms with Crippen molar-refractivity contribution >= 4 is 23.6 Å². The minimum Gasteiger partial charge on any atom is -0.481 e. The summed E-state index contributed by atoms with van der Waals surface area (Å²) in [6.45, 7) is 18.3. The number of ether oxygens (including phenoxy) is 3. The van der Waals surface area contributed by atoms with Crippen LogP contribution in [0.1, 0.15) is 113 Å². The molecule has 0 unspecified atom stereocenters. The van der Waals surface area contributed by atoms with Gasteiger partial charge in [0.1, 0.15) is 0 Å². The summed E-state index contributed by atoms with van der Waals surface area (Å²) >= 11 is 0. The van der Waals surface area contributed by atoms with Crippen molar-refractivity contribution < 1.29 is 43.6 Å². The van der Waals surface area contributed by atoms with Crippen LogP contribution in [0.25, 0.3) is 0 Å². The Balaban J connectivity index is 1.21. The molecule has 0 spiro atoms. The number of carbonyl (C=O) groups is 4. The Labute approximate surface area is 298 Å². The van der Waals surface area contributed by atoms with Crippen molar-refractivity contribution in [1.29, 1.82) is 0 Å². The van der Waals surface area contributed by atoms with Crippen LogP contribution in [-0.4, -0.2) is 80.0 Å². The van der Waals surface area contributed by atoms with Gasteiger partial charge in [-0.1, -0.05) is 47.1 Å². The lowest BCUT2D eigenvalue weighted by Gasteiger charge is -2.70. The minimum atomic E-state index is -0.888. The van der Waals surface area contributed by atoms with Gasteiger partial charge in [0.05, 0.1) is 51.5 Å². The molecule has 0 aromatic rings. The van der Waals surface area contributed by atoms with Crippen molar-refractivity contribution in [3.05, 3.63) is 11.6 Å². The highest BCUT2D eigenvalue weighted by Crippen LogP contribution is 2.75. The van der Waals surface area contributed by atoms with Gasteiger partial charge in [0.15, 0.2) is 5.78 Å². The third kappa shape index (κ3) is 6.70. The molecular weight excluding hydrogens is 638 g/mol. The third-order valence-electron chi connectivity index (χ3n) is 15.2. The van der Waals surface area contributed by atoms with E-state index in [9.17, 15) is 24.3 Å². The van der Waals surface area contributed by atoms with E-state index in [2.05, 4.69) is 46.9 Å². The lowest BCUT2D eigenvalue weighted by molar-refractivity contribution is -0.194. The van der Waals surface area contributed by atoms with Crippen LogP contribution in [-0.2, 0) is 33.4 Å². The lowest BCUT2D eigenvalue weighted by atomic mass is 9.33. The van der Waals surface area contributed by atoms with Crippen LogP contribution in [0.4, 0.5) is 0 Å². The van der Waals surface area contributed by atoms with Gasteiger partial charge >= 0.3 is 11.9 Å². The summed E-state index contributed by atoms with van der Waals surface area (Å²) in [7, 11) is 0. The number of allylic oxidation sites excluding steroid dienone is 2. The van der Waals surface area contributed by atoms with Crippen molar-refractivity contribution in [1.82, 2.24) is 5.32 Å². The highest BCUT2D eigenvalue weighted by Gasteiger charge is 2.70. The molecule has 5 aliphatic rings. The first-order valence-corrected chi connectivity index (χ1v) is 19.1. The number of carbonyl (C=O) groups excluding carboxylic acids is 2. The van der Waals surface area contributed by atoms with E-state index in [0.29, 0.717) is 52.4 Å². The Morgan fingerprint density at radius 3 is 2.06 bits per heavy atom. The molecule has 1 amide bonds. The maximum atomic E-state index is 14.6. The minimum absolute atomic E-state index is 0.0251. The second-order valence-corrected chi connectivity index (χ2v) is 18.2. The summed E-state index contributed by atoms with van der Waals surface area (Å²) in [5, 5.41) is 21.9. The Morgan fingerprint density at radius 1 is 0.800 bits per heavy atom. The van der Waals surface area contributed by atoms with Crippen LogP contribution in [0.15, 0.2) is 11.6 Å². The standard InChI is InChI=1S/C40H63NO9/c1-35(2)26(33(45)41-17-19-49-21-23-50-22-20-48-18-10-31(43)44)8-11-38(5)30(35)9-12-40(7)32(38)29(42)24-27-28-25-37(4,34(46)47)14-13-36(28,3)15-16-39(27,40)6/h24,26,28,30,32H,8-23,25H2,1-7H3,(H,41,45)(H,43,44)(H,46,47)/t26-,28+,30+,32-,36-,37+,38+,39-,40-/m1/s1. The predicted molar refractivity (Wildman–Crippen MR) is 188 cm³/mol. The van der Waals surface area contributed by atoms with Crippen LogP contribution in [0.2, 0.25) is 0 Å². The van der Waals surface area contributed by atoms with Gasteiger partial charge in [-0.05, 0) is 110 Å². The number of carboxylic acids is 2. The molecule has 0 heterocycles. The molecule has 4 saturated carbocycles. The van der Waals surface area contributed by atoms with Crippen LogP contribution in [0, 0.1) is 56.2 Å². The number of amides is 1. The van der Waals surface area contributed by atoms with Crippen molar-refractivity contribution in [3.63, 3.8) is 0 Å². The summed E-state index contributed by atoms with van der Waals surface area (Å²) in [6, 6.07) is 0. The summed E-state index contributed by atoms with van der Waals surface area (Å²) in [5.74, 6) is -1.28. The van der Waals surface area contributed by atoms with E-state index in [1.54, 1.807) is 0 Å². The Kier molecular flexibility index (Phi) is 11.1. The van der Waals surface area contributed by atoms with Crippen molar-refractivity contribution in [3.8, 4) is 0 Å². The molecule has 10 nitrogen and oxygen atoms in total. The first kappa shape index (κ1) is 38.9. The van der Waals surface area contributed by atoms with Crippen LogP contribution in [0.3, 0.4) is 0 Å². The van der Waals surface area contributed by atoms with Crippen molar-refractivity contribution in [2.45, 2.75) is 113 Å². The molecule has 0 aromatic carbocycles. The molecular formula is C40H63NO9. The summed E-state index contributed by atoms with van der Waals surface area (Å²) in [4.78, 5) is 51.2. The number of carboxylic acid groups (broad SMARTS) is 2. The Bertz CT molecular complexity index is 1360. The predicted octanol–water partition coefficient (Wildman–Crippen LogP) is 6.31. The highest BCUT2D eigenvalue weighted by molar-refractivity contribution is 5.96. The monoisotopic (exact) mass is 701 g/mol. The number of nitrogens with one attached hydrogen (secondary N) is 1. The van der Waals surface area contributed by atoms with E-state index in [-0.39, 0.29) is 75.5 Å². The summed E-state index contributed by atoms with van der Waals surface area (Å²) < 4.78 is 16.3. The fourth-order valence-electron chi connectivity index (χ4n) is 11.9. The maximum Gasteiger partial charge on any atom is 0.309 e. The largest absolute Gasteiger partial charge is 0.481 e. The summed E-state index contributed by atoms with van der Waals surface area (Å²) in [5.41, 5.74) is -0.424. The van der Waals surface area contributed by atoms with Crippen molar-refractivity contribution in [2.24, 2.45) is 56.2 Å². The molecule has 5 rings (SSSR count). The van der Waals surface area contributed by atoms with E-state index in [4.69, 9.17) is 19.3 Å². The topological polar surface area (TPSA) is 148 Å². The summed E-state index contributed by atoms with van der Waals surface area (Å²) in [6.07, 6.45) is 9.71. The second-order valence-electron chi connectivity index (χ2n) is 18.2. The van der Waals surface area contributed by atoms with E-state index in [1.807, 2.05) is 13.0 Å². The zero-order valence-electron chi connectivity index (χ0n) is 31.7. The van der Waals surface area contributed by atoms with E-state index < -0.39 is 17.4 Å². The second kappa shape index (κ2) is 14.3.